The van der Waals surface area contributed by atoms with E-state index < -0.39 is 150 Å². The van der Waals surface area contributed by atoms with Gasteiger partial charge in [0, 0.05) is 38.4 Å². The molecular weight excluding hydrogens is 683 g/mol. The second kappa shape index (κ2) is 11.9. The molecule has 0 amide bonds. The van der Waals surface area contributed by atoms with Crippen LogP contribution in [-0.2, 0) is 0 Å². The van der Waals surface area contributed by atoms with Crippen LogP contribution in [0.25, 0.3) is 110 Å². The number of benzene rings is 9. The van der Waals surface area contributed by atoms with Gasteiger partial charge in [-0.25, -0.2) is 4.98 Å². The molecule has 0 bridgehead atoms. The van der Waals surface area contributed by atoms with Crippen molar-refractivity contribution in [3.63, 3.8) is 0 Å². The number of fused-ring (bicyclic) bond motifs is 13. The van der Waals surface area contributed by atoms with Crippen LogP contribution >= 0.6 is 0 Å². The Labute approximate surface area is 350 Å². The third-order valence-corrected chi connectivity index (χ3v) is 9.89. The van der Waals surface area contributed by atoms with Crippen LogP contribution in [0.15, 0.2) is 188 Å². The third-order valence-electron chi connectivity index (χ3n) is 9.89. The fourth-order valence-electron chi connectivity index (χ4n) is 7.61. The van der Waals surface area contributed by atoms with Crippen molar-refractivity contribution in [2.24, 2.45) is 0 Å². The van der Waals surface area contributed by atoms with E-state index in [2.05, 4.69) is 4.98 Å². The molecule has 0 spiro atoms. The van der Waals surface area contributed by atoms with Gasteiger partial charge in [0.25, 0.3) is 0 Å². The highest BCUT2D eigenvalue weighted by atomic mass is 15.2. The molecule has 5 nitrogen and oxygen atoms in total. The maximum absolute atomic E-state index is 10.3. The van der Waals surface area contributed by atoms with Crippen molar-refractivity contribution in [1.29, 1.82) is 0 Å². The fourth-order valence-corrected chi connectivity index (χ4v) is 7.61. The Kier molecular flexibility index (Phi) is 3.58. The first-order chi connectivity index (χ1) is 36.5. The predicted octanol–water partition coefficient (Wildman–Crippen LogP) is 12.9. The number of nitrogens with zero attached hydrogens (tertiary/aromatic N) is 5. The molecule has 0 N–H and O–H groups in total. The summed E-state index contributed by atoms with van der Waals surface area (Å²) in [7, 11) is 0. The lowest BCUT2D eigenvalue weighted by Gasteiger charge is -2.15. The van der Waals surface area contributed by atoms with Gasteiger partial charge in [0.2, 0.25) is 5.95 Å². The van der Waals surface area contributed by atoms with Crippen LogP contribution in [0.4, 0.5) is 0 Å². The van der Waals surface area contributed by atoms with Gasteiger partial charge >= 0.3 is 0 Å². The molecule has 0 fully saturated rings. The van der Waals surface area contributed by atoms with Crippen molar-refractivity contribution in [2.75, 3.05) is 0 Å². The number of aromatic nitrogens is 5. The quantitative estimate of drug-likeness (QED) is 0.169. The lowest BCUT2D eigenvalue weighted by atomic mass is 9.94. The summed E-state index contributed by atoms with van der Waals surface area (Å²) in [5, 5.41) is 0.127. The number of hydrogen-bond donors (Lipinski definition) is 0. The van der Waals surface area contributed by atoms with Crippen LogP contribution < -0.4 is 0 Å². The number of para-hydroxylation sites is 2. The predicted molar refractivity (Wildman–Crippen MR) is 232 cm³/mol. The Hall–Kier alpha value is -7.63. The van der Waals surface area contributed by atoms with Crippen LogP contribution in [0.5, 0.6) is 0 Å². The van der Waals surface area contributed by atoms with Gasteiger partial charge in [-0.05, 0) is 56.5 Å². The van der Waals surface area contributed by atoms with Crippen molar-refractivity contribution in [1.82, 2.24) is 24.1 Å². The van der Waals surface area contributed by atoms with Gasteiger partial charge in [0.05, 0.1) is 50.9 Å². The van der Waals surface area contributed by atoms with E-state index in [9.17, 15) is 5.48 Å². The second-order valence-electron chi connectivity index (χ2n) is 12.8. The molecule has 0 aliphatic heterocycles. The fraction of sp³-hybridized carbons (Fsp3) is 0. The largest absolute Gasteiger partial charge is 0.307 e. The monoisotopic (exact) mass is 734 g/mol. The highest BCUT2D eigenvalue weighted by molar-refractivity contribution is 6.27. The third kappa shape index (κ3) is 4.46. The van der Waals surface area contributed by atoms with E-state index in [1.165, 1.54) is 9.13 Å². The minimum atomic E-state index is -0.742. The van der Waals surface area contributed by atoms with Crippen LogP contribution in [0.3, 0.4) is 0 Å². The van der Waals surface area contributed by atoms with Gasteiger partial charge in [-0.15, -0.1) is 0 Å². The molecule has 0 unspecified atom stereocenters. The van der Waals surface area contributed by atoms with E-state index in [-0.39, 0.29) is 55.0 Å². The zero-order valence-electron chi connectivity index (χ0n) is 49.5. The van der Waals surface area contributed by atoms with Crippen LogP contribution in [-0.4, -0.2) is 24.1 Å². The molecule has 0 aliphatic carbocycles. The Balaban J connectivity index is 1.32. The molecule has 0 saturated carbocycles. The standard InChI is InChI=1S/C51H31N5/c1-3-15-32(16-4-1)49-52-50(33-17-5-2-6-18-33)54-51(53-49)56-46-26-14-12-24-41(46)43-30-29-42-40-23-11-13-25-45(40)55(47(42)48(43)56)34-27-28-39-37-21-8-7-19-35(37)36-20-9-10-22-38(36)44(39)31-34/h1-31H/i1D,2D,3D,4D,5D,6D,7D,8D,9D,10D,15D,16D,17D,18D,19D,20D,21D,22D,27D,28D,31D. The van der Waals surface area contributed by atoms with E-state index in [4.69, 9.17) is 33.3 Å². The average molecular weight is 735 g/mol. The van der Waals surface area contributed by atoms with E-state index in [0.717, 1.165) is 0 Å². The van der Waals surface area contributed by atoms with Gasteiger partial charge in [-0.1, -0.05) is 163 Å². The molecule has 0 atom stereocenters. The summed E-state index contributed by atoms with van der Waals surface area (Å²) in [6.07, 6.45) is 0. The molecule has 12 rings (SSSR count). The first-order valence-corrected chi connectivity index (χ1v) is 17.2. The van der Waals surface area contributed by atoms with Gasteiger partial charge in [-0.3, -0.25) is 4.57 Å². The summed E-state index contributed by atoms with van der Waals surface area (Å²) in [6.45, 7) is 0. The summed E-state index contributed by atoms with van der Waals surface area (Å²) in [5.41, 5.74) is -0.116. The Morgan fingerprint density at radius 2 is 0.804 bits per heavy atom. The van der Waals surface area contributed by atoms with Gasteiger partial charge < -0.3 is 4.57 Å². The summed E-state index contributed by atoms with van der Waals surface area (Å²) >= 11 is 0. The molecule has 0 saturated heterocycles. The van der Waals surface area contributed by atoms with Gasteiger partial charge in [0.1, 0.15) is 0 Å². The topological polar surface area (TPSA) is 48.5 Å². The van der Waals surface area contributed by atoms with Gasteiger partial charge in [0.15, 0.2) is 11.6 Å². The van der Waals surface area contributed by atoms with E-state index in [1.807, 2.05) is 0 Å². The highest BCUT2D eigenvalue weighted by Crippen LogP contribution is 2.43. The normalized spacial score (nSPS) is 17.2. The average Bonchev–Trinajstić information content (AvgIpc) is 4.21. The lowest BCUT2D eigenvalue weighted by molar-refractivity contribution is 0.953. The molecule has 0 aliphatic rings. The van der Waals surface area contributed by atoms with Crippen molar-refractivity contribution < 1.29 is 28.8 Å². The van der Waals surface area contributed by atoms with Crippen molar-refractivity contribution in [3.05, 3.63) is 188 Å². The first-order valence-electron chi connectivity index (χ1n) is 27.7. The second-order valence-corrected chi connectivity index (χ2v) is 12.8. The SMILES string of the molecule is [2H]c1c([2H])c([2H])c(-c2nc(-c3c([2H])c([2H])c([2H])c([2H])c3[2H])nc(-n3c4ccccc4c4ccc5c6ccccc6n(-c6c([2H])c([2H])c7c8c([2H])c([2H])c([2H])c([2H])c8c8c([2H])c([2H])c([2H])c([2H])c8c7c6[2H])c5c43)n2)c([2H])c1[2H]. The molecule has 56 heavy (non-hydrogen) atoms. The zero-order chi connectivity index (χ0) is 55.0. The van der Waals surface area contributed by atoms with Crippen LogP contribution in [0.2, 0.25) is 0 Å². The van der Waals surface area contributed by atoms with E-state index >= 15 is 0 Å². The van der Waals surface area contributed by atoms with E-state index in [1.54, 1.807) is 60.7 Å². The van der Waals surface area contributed by atoms with E-state index in [0.29, 0.717) is 32.6 Å². The summed E-state index contributed by atoms with van der Waals surface area (Å²) in [6, 6.07) is 2.79. The van der Waals surface area contributed by atoms with Crippen molar-refractivity contribution in [2.45, 2.75) is 0 Å². The van der Waals surface area contributed by atoms with Crippen molar-refractivity contribution >= 4 is 75.9 Å². The molecular formula is C51H31N5. The minimum Gasteiger partial charge on any atom is -0.307 e. The lowest BCUT2D eigenvalue weighted by Crippen LogP contribution is -2.07. The number of hydrogen-bond acceptors (Lipinski definition) is 3. The van der Waals surface area contributed by atoms with Gasteiger partial charge in [-0.2, -0.15) is 9.97 Å². The smallest absolute Gasteiger partial charge is 0.238 e. The Bertz CT molecular complexity index is 4590. The molecule has 9 aromatic carbocycles. The highest BCUT2D eigenvalue weighted by Gasteiger charge is 2.24. The minimum absolute atomic E-state index is 0.226. The molecule has 3 aromatic heterocycles. The molecule has 260 valence electrons. The summed E-state index contributed by atoms with van der Waals surface area (Å²) in [4.78, 5) is 14.0. The molecule has 3 heterocycles. The molecule has 0 radical (unpaired) electrons. The Morgan fingerprint density at radius 3 is 1.36 bits per heavy atom. The summed E-state index contributed by atoms with van der Waals surface area (Å²) in [5.74, 6) is -1.42. The Morgan fingerprint density at radius 1 is 0.357 bits per heavy atom. The number of rotatable bonds is 4. The van der Waals surface area contributed by atoms with Crippen molar-refractivity contribution in [3.8, 4) is 34.4 Å². The maximum Gasteiger partial charge on any atom is 0.238 e. The zero-order valence-corrected chi connectivity index (χ0v) is 28.5. The first kappa shape index (κ1) is 16.8. The molecule has 12 aromatic rings. The van der Waals surface area contributed by atoms with Crippen LogP contribution in [0.1, 0.15) is 28.8 Å². The van der Waals surface area contributed by atoms with Crippen LogP contribution in [0, 0.1) is 0 Å². The maximum atomic E-state index is 10.3. The molecule has 5 heteroatoms. The summed E-state index contributed by atoms with van der Waals surface area (Å²) < 4.78 is 191.